The van der Waals surface area contributed by atoms with Gasteiger partial charge in [0.1, 0.15) is 0 Å². The van der Waals surface area contributed by atoms with Crippen LogP contribution in [0.3, 0.4) is 0 Å². The number of nitrogens with zero attached hydrogens (tertiary/aromatic N) is 2. The molecule has 1 amide bonds. The van der Waals surface area contributed by atoms with E-state index in [0.29, 0.717) is 5.56 Å². The lowest BCUT2D eigenvalue weighted by atomic mass is 10.1. The number of amides is 1. The molecule has 132 valence electrons. The van der Waals surface area contributed by atoms with Gasteiger partial charge in [-0.3, -0.25) is 9.69 Å². The predicted molar refractivity (Wildman–Crippen MR) is 106 cm³/mol. The molecule has 0 aromatic heterocycles. The van der Waals surface area contributed by atoms with Gasteiger partial charge in [0.2, 0.25) is 5.91 Å². The van der Waals surface area contributed by atoms with Crippen molar-refractivity contribution in [2.45, 2.75) is 4.90 Å². The zero-order valence-corrected chi connectivity index (χ0v) is 15.6. The summed E-state index contributed by atoms with van der Waals surface area (Å²) < 4.78 is 0. The second-order valence-electron chi connectivity index (χ2n) is 6.04. The Labute approximate surface area is 157 Å². The standard InChI is InChI=1S/C19H22ClN3OS/c20-16-3-7-18(8-4-16)25-14-13-22-9-11-23(12-10-22)17-5-1-15(2-6-17)19(21)24/h1-8H,9-14H2,(H2,21,24). The van der Waals surface area contributed by atoms with E-state index in [2.05, 4.69) is 21.9 Å². The first-order valence-corrected chi connectivity index (χ1v) is 9.74. The van der Waals surface area contributed by atoms with E-state index in [1.54, 1.807) is 12.1 Å². The molecule has 1 heterocycles. The zero-order chi connectivity index (χ0) is 17.6. The maximum absolute atomic E-state index is 11.1. The third kappa shape index (κ3) is 5.14. The normalized spacial score (nSPS) is 15.3. The number of benzene rings is 2. The number of anilines is 1. The molecule has 1 fully saturated rings. The molecule has 2 aromatic carbocycles. The summed E-state index contributed by atoms with van der Waals surface area (Å²) in [6.07, 6.45) is 0. The van der Waals surface area contributed by atoms with E-state index in [-0.39, 0.29) is 5.91 Å². The number of thioether (sulfide) groups is 1. The Morgan fingerprint density at radius 1 is 1.00 bits per heavy atom. The van der Waals surface area contributed by atoms with E-state index in [0.717, 1.165) is 49.2 Å². The van der Waals surface area contributed by atoms with Crippen LogP contribution in [0.15, 0.2) is 53.4 Å². The van der Waals surface area contributed by atoms with Crippen LogP contribution in [-0.4, -0.2) is 49.3 Å². The van der Waals surface area contributed by atoms with Crippen molar-refractivity contribution in [3.63, 3.8) is 0 Å². The van der Waals surface area contributed by atoms with E-state index < -0.39 is 0 Å². The number of hydrogen-bond donors (Lipinski definition) is 1. The van der Waals surface area contributed by atoms with Gasteiger partial charge in [0.05, 0.1) is 0 Å². The third-order valence-electron chi connectivity index (χ3n) is 4.38. The molecule has 25 heavy (non-hydrogen) atoms. The lowest BCUT2D eigenvalue weighted by Crippen LogP contribution is -2.47. The lowest BCUT2D eigenvalue weighted by Gasteiger charge is -2.36. The highest BCUT2D eigenvalue weighted by Crippen LogP contribution is 2.21. The second-order valence-corrected chi connectivity index (χ2v) is 7.65. The van der Waals surface area contributed by atoms with Crippen molar-refractivity contribution in [1.29, 1.82) is 0 Å². The molecule has 2 N–H and O–H groups in total. The van der Waals surface area contributed by atoms with Crippen LogP contribution in [0.2, 0.25) is 5.02 Å². The minimum absolute atomic E-state index is 0.380. The Morgan fingerprint density at radius 3 is 2.24 bits per heavy atom. The molecule has 0 aliphatic carbocycles. The van der Waals surface area contributed by atoms with Crippen LogP contribution in [0.25, 0.3) is 0 Å². The first kappa shape index (κ1) is 18.1. The monoisotopic (exact) mass is 375 g/mol. The quantitative estimate of drug-likeness (QED) is 0.786. The highest BCUT2D eigenvalue weighted by Gasteiger charge is 2.17. The van der Waals surface area contributed by atoms with Crippen molar-refractivity contribution in [3.05, 3.63) is 59.1 Å². The Balaban J connectivity index is 1.42. The fraction of sp³-hybridized carbons (Fsp3) is 0.316. The van der Waals surface area contributed by atoms with Crippen LogP contribution in [-0.2, 0) is 0 Å². The molecule has 0 atom stereocenters. The zero-order valence-electron chi connectivity index (χ0n) is 14.0. The van der Waals surface area contributed by atoms with Gasteiger partial charge in [-0.2, -0.15) is 0 Å². The average Bonchev–Trinajstić information content (AvgIpc) is 2.64. The Kier molecular flexibility index (Phi) is 6.24. The highest BCUT2D eigenvalue weighted by molar-refractivity contribution is 7.99. The van der Waals surface area contributed by atoms with Crippen molar-refractivity contribution in [3.8, 4) is 0 Å². The molecule has 0 bridgehead atoms. The van der Waals surface area contributed by atoms with E-state index in [4.69, 9.17) is 17.3 Å². The molecular weight excluding hydrogens is 354 g/mol. The fourth-order valence-corrected chi connectivity index (χ4v) is 3.93. The minimum atomic E-state index is -0.380. The first-order valence-electron chi connectivity index (χ1n) is 8.37. The predicted octanol–water partition coefficient (Wildman–Crippen LogP) is 3.35. The van der Waals surface area contributed by atoms with Gasteiger partial charge in [0.15, 0.2) is 0 Å². The smallest absolute Gasteiger partial charge is 0.248 e. The maximum Gasteiger partial charge on any atom is 0.248 e. The summed E-state index contributed by atoms with van der Waals surface area (Å²) in [7, 11) is 0. The first-order chi connectivity index (χ1) is 12.1. The SMILES string of the molecule is NC(=O)c1ccc(N2CCN(CCSc3ccc(Cl)cc3)CC2)cc1. The summed E-state index contributed by atoms with van der Waals surface area (Å²) in [5, 5.41) is 0.782. The van der Waals surface area contributed by atoms with E-state index >= 15 is 0 Å². The molecule has 3 rings (SSSR count). The van der Waals surface area contributed by atoms with Gasteiger partial charge >= 0.3 is 0 Å². The number of carbonyl (C=O) groups excluding carboxylic acids is 1. The molecule has 0 unspecified atom stereocenters. The van der Waals surface area contributed by atoms with Gasteiger partial charge < -0.3 is 10.6 Å². The van der Waals surface area contributed by atoms with Crippen molar-refractivity contribution in [1.82, 2.24) is 4.90 Å². The summed E-state index contributed by atoms with van der Waals surface area (Å²) in [5.41, 5.74) is 7.00. The largest absolute Gasteiger partial charge is 0.369 e. The van der Waals surface area contributed by atoms with Crippen LogP contribution in [0, 0.1) is 0 Å². The lowest BCUT2D eigenvalue weighted by molar-refractivity contribution is 0.100. The number of hydrogen-bond acceptors (Lipinski definition) is 4. The molecule has 0 radical (unpaired) electrons. The van der Waals surface area contributed by atoms with E-state index in [1.165, 1.54) is 4.90 Å². The Bertz CT molecular complexity index is 698. The molecule has 1 aliphatic heterocycles. The molecule has 1 aliphatic rings. The maximum atomic E-state index is 11.1. The summed E-state index contributed by atoms with van der Waals surface area (Å²) in [6.45, 7) is 5.20. The van der Waals surface area contributed by atoms with Crippen LogP contribution in [0.1, 0.15) is 10.4 Å². The van der Waals surface area contributed by atoms with Crippen molar-refractivity contribution in [2.24, 2.45) is 5.73 Å². The van der Waals surface area contributed by atoms with Gasteiger partial charge in [-0.25, -0.2) is 0 Å². The highest BCUT2D eigenvalue weighted by atomic mass is 35.5. The van der Waals surface area contributed by atoms with Crippen molar-refractivity contribution < 1.29 is 4.79 Å². The van der Waals surface area contributed by atoms with Gasteiger partial charge in [0, 0.05) is 59.6 Å². The van der Waals surface area contributed by atoms with Crippen LogP contribution >= 0.6 is 23.4 Å². The average molecular weight is 376 g/mol. The fourth-order valence-electron chi connectivity index (χ4n) is 2.89. The molecule has 0 saturated carbocycles. The Hall–Kier alpha value is -1.69. The molecule has 1 saturated heterocycles. The molecular formula is C19H22ClN3OS. The molecule has 0 spiro atoms. The topological polar surface area (TPSA) is 49.6 Å². The summed E-state index contributed by atoms with van der Waals surface area (Å²) in [5.74, 6) is 0.698. The molecule has 4 nitrogen and oxygen atoms in total. The van der Waals surface area contributed by atoms with Crippen molar-refractivity contribution in [2.75, 3.05) is 43.4 Å². The number of primary amides is 1. The number of halogens is 1. The number of nitrogens with two attached hydrogens (primary N) is 1. The van der Waals surface area contributed by atoms with Crippen LogP contribution in [0.5, 0.6) is 0 Å². The van der Waals surface area contributed by atoms with Crippen molar-refractivity contribution >= 4 is 35.0 Å². The molecule has 2 aromatic rings. The summed E-state index contributed by atoms with van der Waals surface area (Å²) in [4.78, 5) is 17.3. The summed E-state index contributed by atoms with van der Waals surface area (Å²) in [6, 6.07) is 15.6. The molecule has 6 heteroatoms. The van der Waals surface area contributed by atoms with E-state index in [9.17, 15) is 4.79 Å². The van der Waals surface area contributed by atoms with Gasteiger partial charge in [0.25, 0.3) is 0 Å². The van der Waals surface area contributed by atoms with Gasteiger partial charge in [-0.15, -0.1) is 11.8 Å². The Morgan fingerprint density at radius 2 is 1.64 bits per heavy atom. The van der Waals surface area contributed by atoms with Crippen LogP contribution < -0.4 is 10.6 Å². The van der Waals surface area contributed by atoms with Crippen LogP contribution in [0.4, 0.5) is 5.69 Å². The third-order valence-corrected chi connectivity index (χ3v) is 5.62. The number of carbonyl (C=O) groups is 1. The summed E-state index contributed by atoms with van der Waals surface area (Å²) >= 11 is 7.78. The van der Waals surface area contributed by atoms with Gasteiger partial charge in [-0.05, 0) is 48.5 Å². The minimum Gasteiger partial charge on any atom is -0.369 e. The van der Waals surface area contributed by atoms with Gasteiger partial charge in [-0.1, -0.05) is 11.6 Å². The second kappa shape index (κ2) is 8.61. The number of piperazine rings is 1. The van der Waals surface area contributed by atoms with E-state index in [1.807, 2.05) is 36.0 Å². The number of rotatable bonds is 6.